The van der Waals surface area contributed by atoms with Crippen molar-refractivity contribution in [3.8, 4) is 0 Å². The number of rotatable bonds is 3. The largest absolute Gasteiger partial charge is 0.444 e. The molecule has 23 heavy (non-hydrogen) atoms. The minimum absolute atomic E-state index is 0.194. The van der Waals surface area contributed by atoms with Crippen LogP contribution in [0.25, 0.3) is 0 Å². The highest BCUT2D eigenvalue weighted by molar-refractivity contribution is 5.68. The van der Waals surface area contributed by atoms with Crippen molar-refractivity contribution in [2.75, 3.05) is 6.54 Å². The fourth-order valence-corrected chi connectivity index (χ4v) is 3.11. The van der Waals surface area contributed by atoms with Crippen molar-refractivity contribution in [2.24, 2.45) is 0 Å². The highest BCUT2D eigenvalue weighted by Crippen LogP contribution is 2.23. The Morgan fingerprint density at radius 2 is 1.96 bits per heavy atom. The lowest BCUT2D eigenvalue weighted by molar-refractivity contribution is 0.00905. The SMILES string of the molecule is CC(NC1CCN(C(=O)OC(C)(C)C)C(C)C1)c1ccccc1. The van der Waals surface area contributed by atoms with E-state index in [0.29, 0.717) is 12.1 Å². The topological polar surface area (TPSA) is 41.6 Å². The molecular weight excluding hydrogens is 288 g/mol. The van der Waals surface area contributed by atoms with Crippen LogP contribution < -0.4 is 5.32 Å². The third-order valence-corrected chi connectivity index (χ3v) is 4.29. The Balaban J connectivity index is 1.87. The zero-order chi connectivity index (χ0) is 17.0. The Labute approximate surface area is 140 Å². The summed E-state index contributed by atoms with van der Waals surface area (Å²) in [5.74, 6) is 0. The van der Waals surface area contributed by atoms with Crippen molar-refractivity contribution in [1.82, 2.24) is 10.2 Å². The Morgan fingerprint density at radius 3 is 2.52 bits per heavy atom. The maximum atomic E-state index is 12.3. The average molecular weight is 318 g/mol. The van der Waals surface area contributed by atoms with Gasteiger partial charge in [-0.2, -0.15) is 0 Å². The van der Waals surface area contributed by atoms with Gasteiger partial charge in [0.1, 0.15) is 5.60 Å². The van der Waals surface area contributed by atoms with E-state index < -0.39 is 5.60 Å². The van der Waals surface area contributed by atoms with Crippen LogP contribution in [-0.4, -0.2) is 35.2 Å². The summed E-state index contributed by atoms with van der Waals surface area (Å²) < 4.78 is 5.50. The van der Waals surface area contributed by atoms with Crippen LogP contribution in [0.3, 0.4) is 0 Å². The molecule has 0 aromatic heterocycles. The second kappa shape index (κ2) is 7.35. The molecule has 1 heterocycles. The number of piperidine rings is 1. The van der Waals surface area contributed by atoms with Gasteiger partial charge >= 0.3 is 6.09 Å². The summed E-state index contributed by atoms with van der Waals surface area (Å²) in [7, 11) is 0. The molecule has 1 saturated heterocycles. The molecule has 4 nitrogen and oxygen atoms in total. The van der Waals surface area contributed by atoms with Gasteiger partial charge in [0, 0.05) is 24.7 Å². The van der Waals surface area contributed by atoms with E-state index in [1.54, 1.807) is 0 Å². The van der Waals surface area contributed by atoms with Crippen LogP contribution in [0.1, 0.15) is 59.1 Å². The summed E-state index contributed by atoms with van der Waals surface area (Å²) in [6.45, 7) is 10.8. The molecule has 0 saturated carbocycles. The standard InChI is InChI=1S/C19H30N2O2/c1-14-13-17(20-15(2)16-9-7-6-8-10-16)11-12-21(14)18(22)23-19(3,4)5/h6-10,14-15,17,20H,11-13H2,1-5H3. The lowest BCUT2D eigenvalue weighted by Crippen LogP contribution is -2.51. The van der Waals surface area contributed by atoms with Gasteiger partial charge in [0.05, 0.1) is 0 Å². The summed E-state index contributed by atoms with van der Waals surface area (Å²) in [6, 6.07) is 11.4. The summed E-state index contributed by atoms with van der Waals surface area (Å²) in [5, 5.41) is 3.69. The second-order valence-electron chi connectivity index (χ2n) is 7.54. The zero-order valence-corrected chi connectivity index (χ0v) is 15.0. The molecule has 1 aromatic carbocycles. The summed E-state index contributed by atoms with van der Waals surface area (Å²) in [6.07, 6.45) is 1.72. The number of nitrogens with zero attached hydrogens (tertiary/aromatic N) is 1. The third kappa shape index (κ3) is 5.24. The van der Waals surface area contributed by atoms with Gasteiger partial charge in [0.15, 0.2) is 0 Å². The van der Waals surface area contributed by atoms with Crippen molar-refractivity contribution < 1.29 is 9.53 Å². The molecule has 0 bridgehead atoms. The van der Waals surface area contributed by atoms with Gasteiger partial charge in [0.25, 0.3) is 0 Å². The predicted molar refractivity (Wildman–Crippen MR) is 93.4 cm³/mol. The van der Waals surface area contributed by atoms with E-state index in [1.807, 2.05) is 31.7 Å². The molecule has 3 unspecified atom stereocenters. The molecule has 3 atom stereocenters. The first kappa shape index (κ1) is 17.8. The molecule has 1 aliphatic heterocycles. The summed E-state index contributed by atoms with van der Waals surface area (Å²) >= 11 is 0. The molecule has 0 aliphatic carbocycles. The lowest BCUT2D eigenvalue weighted by atomic mass is 9.97. The molecule has 1 N–H and O–H groups in total. The van der Waals surface area contributed by atoms with E-state index in [4.69, 9.17) is 4.74 Å². The van der Waals surface area contributed by atoms with Crippen LogP contribution in [0.5, 0.6) is 0 Å². The first-order chi connectivity index (χ1) is 10.8. The molecular formula is C19H30N2O2. The number of likely N-dealkylation sites (tertiary alicyclic amines) is 1. The van der Waals surface area contributed by atoms with E-state index in [0.717, 1.165) is 19.4 Å². The fourth-order valence-electron chi connectivity index (χ4n) is 3.11. The van der Waals surface area contributed by atoms with Crippen LogP contribution in [0, 0.1) is 0 Å². The third-order valence-electron chi connectivity index (χ3n) is 4.29. The monoisotopic (exact) mass is 318 g/mol. The van der Waals surface area contributed by atoms with Gasteiger partial charge in [-0.3, -0.25) is 0 Å². The minimum Gasteiger partial charge on any atom is -0.444 e. The van der Waals surface area contributed by atoms with Crippen molar-refractivity contribution in [2.45, 2.75) is 71.2 Å². The number of carbonyl (C=O) groups is 1. The number of ether oxygens (including phenoxy) is 1. The lowest BCUT2D eigenvalue weighted by Gasteiger charge is -2.39. The summed E-state index contributed by atoms with van der Waals surface area (Å²) in [5.41, 5.74) is 0.864. The molecule has 1 amide bonds. The Kier molecular flexibility index (Phi) is 5.69. The molecule has 0 spiro atoms. The van der Waals surface area contributed by atoms with E-state index in [2.05, 4.69) is 43.4 Å². The highest BCUT2D eigenvalue weighted by Gasteiger charge is 2.32. The van der Waals surface area contributed by atoms with Crippen molar-refractivity contribution in [3.63, 3.8) is 0 Å². The molecule has 1 fully saturated rings. The van der Waals surface area contributed by atoms with Crippen molar-refractivity contribution in [3.05, 3.63) is 35.9 Å². The van der Waals surface area contributed by atoms with Gasteiger partial charge in [-0.15, -0.1) is 0 Å². The zero-order valence-electron chi connectivity index (χ0n) is 15.0. The van der Waals surface area contributed by atoms with Crippen molar-refractivity contribution >= 4 is 6.09 Å². The number of carbonyl (C=O) groups excluding carboxylic acids is 1. The van der Waals surface area contributed by atoms with Crippen LogP contribution in [0.2, 0.25) is 0 Å². The van der Waals surface area contributed by atoms with E-state index in [9.17, 15) is 4.79 Å². The Morgan fingerprint density at radius 1 is 1.30 bits per heavy atom. The molecule has 2 rings (SSSR count). The summed E-state index contributed by atoms with van der Waals surface area (Å²) in [4.78, 5) is 14.1. The number of hydrogen-bond donors (Lipinski definition) is 1. The first-order valence-electron chi connectivity index (χ1n) is 8.57. The second-order valence-corrected chi connectivity index (χ2v) is 7.54. The van der Waals surface area contributed by atoms with Crippen LogP contribution in [-0.2, 0) is 4.74 Å². The van der Waals surface area contributed by atoms with Gasteiger partial charge in [0.2, 0.25) is 0 Å². The highest BCUT2D eigenvalue weighted by atomic mass is 16.6. The minimum atomic E-state index is -0.437. The van der Waals surface area contributed by atoms with Gasteiger partial charge in [-0.1, -0.05) is 30.3 Å². The number of benzene rings is 1. The first-order valence-corrected chi connectivity index (χ1v) is 8.57. The Hall–Kier alpha value is -1.55. The number of nitrogens with one attached hydrogen (secondary N) is 1. The molecule has 128 valence electrons. The Bertz CT molecular complexity index is 510. The van der Waals surface area contributed by atoms with Gasteiger partial charge in [-0.05, 0) is 53.0 Å². The predicted octanol–water partition coefficient (Wildman–Crippen LogP) is 4.13. The number of amides is 1. The quantitative estimate of drug-likeness (QED) is 0.911. The maximum absolute atomic E-state index is 12.3. The molecule has 1 aliphatic rings. The fraction of sp³-hybridized carbons (Fsp3) is 0.632. The van der Waals surface area contributed by atoms with E-state index in [1.165, 1.54) is 5.56 Å². The van der Waals surface area contributed by atoms with Crippen LogP contribution in [0.4, 0.5) is 4.79 Å². The molecule has 1 aromatic rings. The van der Waals surface area contributed by atoms with Crippen LogP contribution in [0.15, 0.2) is 30.3 Å². The van der Waals surface area contributed by atoms with E-state index >= 15 is 0 Å². The van der Waals surface area contributed by atoms with Crippen LogP contribution >= 0.6 is 0 Å². The average Bonchev–Trinajstić information content (AvgIpc) is 2.46. The van der Waals surface area contributed by atoms with E-state index in [-0.39, 0.29) is 12.1 Å². The van der Waals surface area contributed by atoms with Gasteiger partial charge in [-0.25, -0.2) is 4.79 Å². The van der Waals surface area contributed by atoms with Crippen molar-refractivity contribution in [1.29, 1.82) is 0 Å². The molecule has 0 radical (unpaired) electrons. The number of hydrogen-bond acceptors (Lipinski definition) is 3. The maximum Gasteiger partial charge on any atom is 0.410 e. The normalized spacial score (nSPS) is 23.4. The molecule has 4 heteroatoms. The van der Waals surface area contributed by atoms with Gasteiger partial charge < -0.3 is 15.0 Å². The smallest absolute Gasteiger partial charge is 0.410 e.